The molecule has 0 fully saturated rings. The molecule has 4 rings (SSSR count). The largest absolute Gasteiger partial charge is 0.415 e. The van der Waals surface area contributed by atoms with E-state index in [9.17, 15) is 4.21 Å². The molecule has 0 saturated carbocycles. The van der Waals surface area contributed by atoms with Crippen molar-refractivity contribution in [2.45, 2.75) is 18.4 Å². The van der Waals surface area contributed by atoms with Gasteiger partial charge in [-0.05, 0) is 57.9 Å². The zero-order valence-electron chi connectivity index (χ0n) is 19.8. The Morgan fingerprint density at radius 1 is 0.971 bits per heavy atom. The lowest BCUT2D eigenvalue weighted by Crippen LogP contribution is -2.18. The summed E-state index contributed by atoms with van der Waals surface area (Å²) in [7, 11) is 4.82. The SMILES string of the molecule is CNCc1ccc(-c2nnc(-c3nc(-c4ccc(S(=O)CCN(C)C)cc4)cnc3C)o2)cc1. The minimum Gasteiger partial charge on any atom is -0.415 e. The molecule has 1 unspecified atom stereocenters. The highest BCUT2D eigenvalue weighted by Crippen LogP contribution is 2.27. The highest BCUT2D eigenvalue weighted by Gasteiger charge is 2.16. The second-order valence-corrected chi connectivity index (χ2v) is 9.78. The summed E-state index contributed by atoms with van der Waals surface area (Å²) in [5, 5.41) is 11.5. The van der Waals surface area contributed by atoms with E-state index in [0.717, 1.165) is 29.1 Å². The van der Waals surface area contributed by atoms with Gasteiger partial charge in [0.25, 0.3) is 5.89 Å². The first-order valence-corrected chi connectivity index (χ1v) is 12.3. The summed E-state index contributed by atoms with van der Waals surface area (Å²) in [4.78, 5) is 12.1. The van der Waals surface area contributed by atoms with Crippen LogP contribution in [0.3, 0.4) is 0 Å². The van der Waals surface area contributed by atoms with E-state index in [0.29, 0.717) is 34.6 Å². The molecule has 176 valence electrons. The maximum atomic E-state index is 12.5. The maximum absolute atomic E-state index is 12.5. The van der Waals surface area contributed by atoms with Crippen LogP contribution in [0.25, 0.3) is 34.3 Å². The molecule has 9 heteroatoms. The first-order chi connectivity index (χ1) is 16.4. The molecular weight excluding hydrogens is 448 g/mol. The van der Waals surface area contributed by atoms with Gasteiger partial charge in [0.05, 0.1) is 28.4 Å². The number of rotatable bonds is 9. The van der Waals surface area contributed by atoms with Gasteiger partial charge in [0.2, 0.25) is 5.89 Å². The van der Waals surface area contributed by atoms with Crippen molar-refractivity contribution in [3.63, 3.8) is 0 Å². The van der Waals surface area contributed by atoms with Crippen molar-refractivity contribution in [2.24, 2.45) is 0 Å². The number of aryl methyl sites for hydroxylation is 1. The first-order valence-electron chi connectivity index (χ1n) is 11.0. The third-order valence-corrected chi connectivity index (χ3v) is 6.65. The average molecular weight is 477 g/mol. The van der Waals surface area contributed by atoms with Crippen LogP contribution in [0.1, 0.15) is 11.3 Å². The van der Waals surface area contributed by atoms with Crippen LogP contribution in [0.15, 0.2) is 64.0 Å². The molecule has 0 saturated heterocycles. The van der Waals surface area contributed by atoms with Crippen LogP contribution in [0.4, 0.5) is 0 Å². The van der Waals surface area contributed by atoms with Crippen LogP contribution < -0.4 is 5.32 Å². The van der Waals surface area contributed by atoms with Gasteiger partial charge in [-0.2, -0.15) is 0 Å². The normalized spacial score (nSPS) is 12.3. The van der Waals surface area contributed by atoms with Gasteiger partial charge in [-0.1, -0.05) is 24.3 Å². The minimum atomic E-state index is -1.04. The lowest BCUT2D eigenvalue weighted by molar-refractivity contribution is 0.435. The van der Waals surface area contributed by atoms with Gasteiger partial charge in [-0.15, -0.1) is 10.2 Å². The molecule has 0 aliphatic rings. The van der Waals surface area contributed by atoms with Crippen LogP contribution in [0.5, 0.6) is 0 Å². The Balaban J connectivity index is 1.55. The van der Waals surface area contributed by atoms with Crippen LogP contribution >= 0.6 is 0 Å². The van der Waals surface area contributed by atoms with E-state index in [-0.39, 0.29) is 0 Å². The molecule has 0 radical (unpaired) electrons. The number of hydrogen-bond acceptors (Lipinski definition) is 8. The fraction of sp³-hybridized carbons (Fsp3) is 0.280. The van der Waals surface area contributed by atoms with Crippen molar-refractivity contribution in [2.75, 3.05) is 33.4 Å². The summed E-state index contributed by atoms with van der Waals surface area (Å²) < 4.78 is 18.4. The molecule has 0 amide bonds. The summed E-state index contributed by atoms with van der Waals surface area (Å²) in [5.74, 6) is 1.35. The minimum absolute atomic E-state index is 0.322. The molecule has 2 aromatic heterocycles. The van der Waals surface area contributed by atoms with Gasteiger partial charge in [-0.3, -0.25) is 9.19 Å². The summed E-state index contributed by atoms with van der Waals surface area (Å²) >= 11 is 0. The van der Waals surface area contributed by atoms with Crippen LogP contribution in [0, 0.1) is 6.92 Å². The second-order valence-electron chi connectivity index (χ2n) is 8.21. The van der Waals surface area contributed by atoms with Crippen molar-refractivity contribution >= 4 is 10.8 Å². The molecule has 0 bridgehead atoms. The van der Waals surface area contributed by atoms with E-state index in [4.69, 9.17) is 9.40 Å². The Labute approximate surface area is 201 Å². The molecular formula is C25H28N6O2S. The van der Waals surface area contributed by atoms with Gasteiger partial charge in [0, 0.05) is 34.9 Å². The quantitative estimate of drug-likeness (QED) is 0.392. The van der Waals surface area contributed by atoms with Crippen molar-refractivity contribution in [3.05, 3.63) is 66.0 Å². The molecule has 2 heterocycles. The summed E-state index contributed by atoms with van der Waals surface area (Å²) in [5.41, 5.74) is 4.82. The predicted octanol–water partition coefficient (Wildman–Crippen LogP) is 3.56. The van der Waals surface area contributed by atoms with Crippen molar-refractivity contribution in [1.29, 1.82) is 0 Å². The van der Waals surface area contributed by atoms with Crippen LogP contribution in [0.2, 0.25) is 0 Å². The second kappa shape index (κ2) is 10.8. The van der Waals surface area contributed by atoms with E-state index in [1.807, 2.05) is 81.5 Å². The van der Waals surface area contributed by atoms with Crippen molar-refractivity contribution in [3.8, 4) is 34.3 Å². The zero-order valence-corrected chi connectivity index (χ0v) is 20.6. The average Bonchev–Trinajstić information content (AvgIpc) is 3.34. The number of hydrogen-bond donors (Lipinski definition) is 1. The van der Waals surface area contributed by atoms with Gasteiger partial charge >= 0.3 is 0 Å². The Morgan fingerprint density at radius 3 is 2.32 bits per heavy atom. The predicted molar refractivity (Wildman–Crippen MR) is 134 cm³/mol. The lowest BCUT2D eigenvalue weighted by atomic mass is 10.1. The number of nitrogens with one attached hydrogen (secondary N) is 1. The van der Waals surface area contributed by atoms with E-state index < -0.39 is 10.8 Å². The van der Waals surface area contributed by atoms with Crippen molar-refractivity contribution in [1.82, 2.24) is 30.4 Å². The molecule has 0 aliphatic heterocycles. The zero-order chi connectivity index (χ0) is 24.1. The molecule has 4 aromatic rings. The van der Waals surface area contributed by atoms with E-state index >= 15 is 0 Å². The summed E-state index contributed by atoms with van der Waals surface area (Å²) in [6, 6.07) is 15.6. The van der Waals surface area contributed by atoms with E-state index in [2.05, 4.69) is 20.5 Å². The Kier molecular flexibility index (Phi) is 7.56. The smallest absolute Gasteiger partial charge is 0.268 e. The highest BCUT2D eigenvalue weighted by molar-refractivity contribution is 7.85. The maximum Gasteiger partial charge on any atom is 0.268 e. The third kappa shape index (κ3) is 5.61. The third-order valence-electron chi connectivity index (χ3n) is 5.30. The van der Waals surface area contributed by atoms with E-state index in [1.54, 1.807) is 6.20 Å². The molecule has 8 nitrogen and oxygen atoms in total. The molecule has 1 N–H and O–H groups in total. The molecule has 0 spiro atoms. The van der Waals surface area contributed by atoms with Crippen LogP contribution in [-0.4, -0.2) is 62.7 Å². The highest BCUT2D eigenvalue weighted by atomic mass is 32.2. The van der Waals surface area contributed by atoms with Crippen LogP contribution in [-0.2, 0) is 17.3 Å². The topological polar surface area (TPSA) is 97.0 Å². The monoisotopic (exact) mass is 476 g/mol. The molecule has 1 atom stereocenters. The lowest BCUT2D eigenvalue weighted by Gasteiger charge is -2.09. The van der Waals surface area contributed by atoms with Gasteiger partial charge in [0.1, 0.15) is 5.69 Å². The fourth-order valence-corrected chi connectivity index (χ4v) is 4.56. The summed E-state index contributed by atoms with van der Waals surface area (Å²) in [6.07, 6.45) is 1.72. The van der Waals surface area contributed by atoms with Gasteiger partial charge in [-0.25, -0.2) is 4.98 Å². The Bertz CT molecular complexity index is 1270. The fourth-order valence-electron chi connectivity index (χ4n) is 3.36. The Hall–Kier alpha value is -3.27. The molecule has 34 heavy (non-hydrogen) atoms. The van der Waals surface area contributed by atoms with Gasteiger partial charge in [0.15, 0.2) is 0 Å². The Morgan fingerprint density at radius 2 is 1.65 bits per heavy atom. The number of aromatic nitrogens is 4. The van der Waals surface area contributed by atoms with Crippen molar-refractivity contribution < 1.29 is 8.63 Å². The van der Waals surface area contributed by atoms with Gasteiger partial charge < -0.3 is 14.6 Å². The molecule has 2 aromatic carbocycles. The standard InChI is InChI=1S/C25H28N6O2S/c1-17-23(25-30-29-24(33-25)20-7-5-18(6-8-20)15-26-2)28-22(16-27-17)19-9-11-21(12-10-19)34(32)14-13-31(3)4/h5-12,16,26H,13-15H2,1-4H3. The first kappa shape index (κ1) is 23.9. The van der Waals surface area contributed by atoms with E-state index in [1.165, 1.54) is 5.56 Å². The number of nitrogens with zero attached hydrogens (tertiary/aromatic N) is 5. The number of benzene rings is 2. The summed E-state index contributed by atoms with van der Waals surface area (Å²) in [6.45, 7) is 3.43. The molecule has 0 aliphatic carbocycles.